The molecule has 0 fully saturated rings. The fourth-order valence-corrected chi connectivity index (χ4v) is 3.73. The molecule has 6 nitrogen and oxygen atoms in total. The average molecular weight is 483 g/mol. The van der Waals surface area contributed by atoms with Crippen molar-refractivity contribution < 1.29 is 9.84 Å². The van der Waals surface area contributed by atoms with Crippen LogP contribution in [0.4, 0.5) is 5.69 Å². The Kier molecular flexibility index (Phi) is 7.74. The van der Waals surface area contributed by atoms with Crippen LogP contribution in [0.5, 0.6) is 0 Å². The maximum absolute atomic E-state index is 11.0. The molecule has 0 aliphatic heterocycles. The summed E-state index contributed by atoms with van der Waals surface area (Å²) in [5.74, 6) is 0.443. The summed E-state index contributed by atoms with van der Waals surface area (Å²) in [6, 6.07) is 24.3. The standard InChI is InChI=1S/C28H23ClN4O2/c1-35-27(14-9-20-3-2-4-24(29)15-20)32-25-12-10-23(11-13-25)28(34)26-17-31-19-33(26)18-22-7-5-21(16-30)6-8-22/h2-15,17,19,28,34H,18H2,1H3. The minimum atomic E-state index is -0.849. The van der Waals surface area contributed by atoms with E-state index in [1.165, 1.54) is 0 Å². The molecule has 4 aromatic rings. The van der Waals surface area contributed by atoms with Gasteiger partial charge in [0, 0.05) is 17.6 Å². The lowest BCUT2D eigenvalue weighted by Gasteiger charge is -2.14. The molecular formula is C28H23ClN4O2. The zero-order chi connectivity index (χ0) is 24.6. The Morgan fingerprint density at radius 3 is 2.63 bits per heavy atom. The Bertz CT molecular complexity index is 1380. The van der Waals surface area contributed by atoms with Gasteiger partial charge >= 0.3 is 0 Å². The zero-order valence-corrected chi connectivity index (χ0v) is 19.8. The fraction of sp³-hybridized carbons (Fsp3) is 0.107. The first kappa shape index (κ1) is 24.0. The van der Waals surface area contributed by atoms with E-state index in [1.807, 2.05) is 71.3 Å². The normalized spacial score (nSPS) is 12.5. The second-order valence-corrected chi connectivity index (χ2v) is 8.23. The van der Waals surface area contributed by atoms with Gasteiger partial charge in [0.25, 0.3) is 0 Å². The Morgan fingerprint density at radius 2 is 1.94 bits per heavy atom. The van der Waals surface area contributed by atoms with Crippen molar-refractivity contribution in [2.75, 3.05) is 7.11 Å². The number of aliphatic hydroxyl groups is 1. The number of hydrogen-bond donors (Lipinski definition) is 1. The molecule has 0 bridgehead atoms. The molecule has 174 valence electrons. The van der Waals surface area contributed by atoms with Crippen LogP contribution in [0.2, 0.25) is 5.02 Å². The molecule has 0 amide bonds. The number of aromatic nitrogens is 2. The van der Waals surface area contributed by atoms with E-state index in [0.717, 1.165) is 16.7 Å². The highest BCUT2D eigenvalue weighted by Crippen LogP contribution is 2.25. The number of aliphatic hydroxyl groups excluding tert-OH is 1. The predicted molar refractivity (Wildman–Crippen MR) is 138 cm³/mol. The van der Waals surface area contributed by atoms with Crippen LogP contribution in [0.3, 0.4) is 0 Å². The summed E-state index contributed by atoms with van der Waals surface area (Å²) >= 11 is 6.03. The van der Waals surface area contributed by atoms with Gasteiger partial charge in [-0.3, -0.25) is 0 Å². The highest BCUT2D eigenvalue weighted by atomic mass is 35.5. The van der Waals surface area contributed by atoms with E-state index in [4.69, 9.17) is 21.6 Å². The van der Waals surface area contributed by atoms with Crippen molar-refractivity contribution in [2.24, 2.45) is 4.99 Å². The molecule has 1 N–H and O–H groups in total. The van der Waals surface area contributed by atoms with E-state index >= 15 is 0 Å². The number of ether oxygens (including phenoxy) is 1. The second kappa shape index (κ2) is 11.3. The molecule has 3 aromatic carbocycles. The number of benzene rings is 3. The van der Waals surface area contributed by atoms with Gasteiger partial charge in [-0.05, 0) is 59.2 Å². The van der Waals surface area contributed by atoms with Crippen LogP contribution >= 0.6 is 11.6 Å². The highest BCUT2D eigenvalue weighted by Gasteiger charge is 2.15. The van der Waals surface area contributed by atoms with E-state index in [0.29, 0.717) is 34.4 Å². The van der Waals surface area contributed by atoms with Gasteiger partial charge in [-0.2, -0.15) is 5.26 Å². The van der Waals surface area contributed by atoms with Gasteiger partial charge < -0.3 is 14.4 Å². The number of aliphatic imine (C=N–C) groups is 1. The summed E-state index contributed by atoms with van der Waals surface area (Å²) in [5, 5.41) is 20.6. The topological polar surface area (TPSA) is 83.4 Å². The molecule has 1 heterocycles. The van der Waals surface area contributed by atoms with Crippen LogP contribution in [0.15, 0.2) is 96.4 Å². The number of methoxy groups -OCH3 is 1. The number of halogens is 1. The molecule has 1 unspecified atom stereocenters. The second-order valence-electron chi connectivity index (χ2n) is 7.79. The van der Waals surface area contributed by atoms with Crippen LogP contribution in [0, 0.1) is 11.3 Å². The van der Waals surface area contributed by atoms with Crippen LogP contribution in [-0.4, -0.2) is 27.7 Å². The van der Waals surface area contributed by atoms with Crippen molar-refractivity contribution in [3.63, 3.8) is 0 Å². The molecule has 0 aliphatic rings. The zero-order valence-electron chi connectivity index (χ0n) is 19.0. The smallest absolute Gasteiger partial charge is 0.213 e. The molecule has 0 saturated carbocycles. The Morgan fingerprint density at radius 1 is 1.17 bits per heavy atom. The molecule has 0 saturated heterocycles. The van der Waals surface area contributed by atoms with Gasteiger partial charge in [-0.1, -0.05) is 48.0 Å². The third kappa shape index (κ3) is 6.24. The van der Waals surface area contributed by atoms with E-state index < -0.39 is 6.10 Å². The third-order valence-electron chi connectivity index (χ3n) is 5.38. The van der Waals surface area contributed by atoms with Crippen LogP contribution < -0.4 is 0 Å². The van der Waals surface area contributed by atoms with Crippen LogP contribution in [0.1, 0.15) is 34.1 Å². The first-order valence-corrected chi connectivity index (χ1v) is 11.3. The molecule has 0 aliphatic carbocycles. The van der Waals surface area contributed by atoms with Gasteiger partial charge in [0.2, 0.25) is 5.90 Å². The molecule has 7 heteroatoms. The minimum Gasteiger partial charge on any atom is -0.481 e. The van der Waals surface area contributed by atoms with Crippen molar-refractivity contribution in [3.05, 3.63) is 124 Å². The van der Waals surface area contributed by atoms with Gasteiger partial charge in [-0.15, -0.1) is 0 Å². The van der Waals surface area contributed by atoms with E-state index in [9.17, 15) is 5.11 Å². The third-order valence-corrected chi connectivity index (χ3v) is 5.62. The molecule has 1 atom stereocenters. The van der Waals surface area contributed by atoms with E-state index in [1.54, 1.807) is 37.8 Å². The monoisotopic (exact) mass is 482 g/mol. The summed E-state index contributed by atoms with van der Waals surface area (Å²) < 4.78 is 7.27. The lowest BCUT2D eigenvalue weighted by molar-refractivity contribution is 0.210. The average Bonchev–Trinajstić information content (AvgIpc) is 3.35. The summed E-state index contributed by atoms with van der Waals surface area (Å²) in [6.45, 7) is 0.538. The van der Waals surface area contributed by atoms with Crippen molar-refractivity contribution in [1.82, 2.24) is 9.55 Å². The van der Waals surface area contributed by atoms with Crippen LogP contribution in [0.25, 0.3) is 6.08 Å². The fourth-order valence-electron chi connectivity index (χ4n) is 3.53. The first-order valence-electron chi connectivity index (χ1n) is 10.9. The Hall–Kier alpha value is -4.18. The first-order chi connectivity index (χ1) is 17.1. The number of rotatable bonds is 7. The molecule has 1 aromatic heterocycles. The molecule has 0 radical (unpaired) electrons. The summed E-state index contributed by atoms with van der Waals surface area (Å²) in [6.07, 6.45) is 6.15. The molecule has 0 spiro atoms. The lowest BCUT2D eigenvalue weighted by Crippen LogP contribution is -2.09. The largest absolute Gasteiger partial charge is 0.481 e. The maximum atomic E-state index is 11.0. The maximum Gasteiger partial charge on any atom is 0.213 e. The SMILES string of the molecule is COC(C=Cc1cccc(Cl)c1)=Nc1ccc(C(O)c2cncn2Cc2ccc(C#N)cc2)cc1. The molecule has 35 heavy (non-hydrogen) atoms. The molecular weight excluding hydrogens is 460 g/mol. The quantitative estimate of drug-likeness (QED) is 0.261. The number of nitriles is 1. The van der Waals surface area contributed by atoms with Crippen molar-refractivity contribution in [2.45, 2.75) is 12.6 Å². The van der Waals surface area contributed by atoms with Gasteiger partial charge in [-0.25, -0.2) is 9.98 Å². The van der Waals surface area contributed by atoms with Crippen LogP contribution in [-0.2, 0) is 11.3 Å². The van der Waals surface area contributed by atoms with Gasteiger partial charge in [0.05, 0.1) is 42.6 Å². The summed E-state index contributed by atoms with van der Waals surface area (Å²) in [7, 11) is 1.56. The van der Waals surface area contributed by atoms with E-state index in [2.05, 4.69) is 16.0 Å². The molecule has 4 rings (SSSR count). The van der Waals surface area contributed by atoms with E-state index in [-0.39, 0.29) is 0 Å². The lowest BCUT2D eigenvalue weighted by atomic mass is 10.1. The predicted octanol–water partition coefficient (Wildman–Crippen LogP) is 5.93. The highest BCUT2D eigenvalue weighted by molar-refractivity contribution is 6.30. The Balaban J connectivity index is 1.47. The summed E-state index contributed by atoms with van der Waals surface area (Å²) in [4.78, 5) is 8.73. The van der Waals surface area contributed by atoms with Crippen molar-refractivity contribution in [3.8, 4) is 6.07 Å². The van der Waals surface area contributed by atoms with Gasteiger partial charge in [0.1, 0.15) is 6.10 Å². The summed E-state index contributed by atoms with van der Waals surface area (Å²) in [5.41, 5.74) is 4.65. The minimum absolute atomic E-state index is 0.443. The Labute approximate surface area is 209 Å². The number of nitrogens with zero attached hydrogens (tertiary/aromatic N) is 4. The number of hydrogen-bond acceptors (Lipinski definition) is 5. The van der Waals surface area contributed by atoms with Crippen molar-refractivity contribution in [1.29, 1.82) is 5.26 Å². The van der Waals surface area contributed by atoms with Crippen molar-refractivity contribution >= 4 is 29.3 Å². The van der Waals surface area contributed by atoms with Gasteiger partial charge in [0.15, 0.2) is 0 Å². The number of imidazole rings is 1.